The fourth-order valence-electron chi connectivity index (χ4n) is 8.36. The van der Waals surface area contributed by atoms with E-state index in [1.165, 1.54) is 6.92 Å². The molecule has 32 heavy (non-hydrogen) atoms. The Kier molecular flexibility index (Phi) is 5.51. The molecule has 178 valence electrons. The van der Waals surface area contributed by atoms with E-state index in [2.05, 4.69) is 0 Å². The summed E-state index contributed by atoms with van der Waals surface area (Å²) in [6.07, 6.45) is 3.60. The van der Waals surface area contributed by atoms with Crippen LogP contribution in [0.2, 0.25) is 0 Å². The minimum absolute atomic E-state index is 0.0302. The number of hydrogen-bond donors (Lipinski definition) is 1. The smallest absolute Gasteiger partial charge is 0.306 e. The number of hydrogen-bond acceptors (Lipinski definition) is 5. The van der Waals surface area contributed by atoms with Crippen LogP contribution in [-0.4, -0.2) is 40.0 Å². The van der Waals surface area contributed by atoms with Gasteiger partial charge in [0.05, 0.1) is 6.10 Å². The van der Waals surface area contributed by atoms with Crippen molar-refractivity contribution in [1.29, 1.82) is 0 Å². The van der Waals surface area contributed by atoms with Crippen LogP contribution in [0.3, 0.4) is 0 Å². The van der Waals surface area contributed by atoms with Crippen LogP contribution in [0.25, 0.3) is 0 Å². The maximum Gasteiger partial charge on any atom is 0.306 e. The van der Waals surface area contributed by atoms with Gasteiger partial charge in [-0.25, -0.2) is 4.39 Å². The van der Waals surface area contributed by atoms with Gasteiger partial charge in [-0.15, -0.1) is 0 Å². The summed E-state index contributed by atoms with van der Waals surface area (Å²) >= 11 is 0. The molecule has 4 rings (SSSR count). The van der Waals surface area contributed by atoms with E-state index in [0.717, 1.165) is 5.57 Å². The van der Waals surface area contributed by atoms with Crippen molar-refractivity contribution in [1.82, 2.24) is 0 Å². The molecule has 0 amide bonds. The third kappa shape index (κ3) is 2.74. The Morgan fingerprint density at radius 1 is 1.25 bits per heavy atom. The first-order chi connectivity index (χ1) is 14.9. The molecule has 0 radical (unpaired) electrons. The zero-order valence-electron chi connectivity index (χ0n) is 20.0. The molecule has 4 aliphatic carbocycles. The molecule has 5 nitrogen and oxygen atoms in total. The number of aliphatic hydroxyl groups is 1. The maximum atomic E-state index is 17.2. The second-order valence-electron chi connectivity index (χ2n) is 11.3. The molecule has 0 aromatic carbocycles. The Balaban J connectivity index is 1.81. The molecule has 3 saturated carbocycles. The number of alkyl halides is 1. The van der Waals surface area contributed by atoms with Crippen LogP contribution in [0.4, 0.5) is 4.39 Å². The van der Waals surface area contributed by atoms with E-state index in [4.69, 9.17) is 4.74 Å². The van der Waals surface area contributed by atoms with Crippen LogP contribution >= 0.6 is 0 Å². The molecule has 0 unspecified atom stereocenters. The van der Waals surface area contributed by atoms with E-state index in [9.17, 15) is 19.5 Å². The molecule has 1 N–H and O–H groups in total. The zero-order chi connectivity index (χ0) is 23.7. The summed E-state index contributed by atoms with van der Waals surface area (Å²) < 4.78 is 23.2. The first kappa shape index (κ1) is 23.6. The number of ether oxygens (including phenoxy) is 1. The minimum Gasteiger partial charge on any atom is -0.450 e. The highest BCUT2D eigenvalue weighted by Gasteiger charge is 2.76. The number of rotatable bonds is 4. The van der Waals surface area contributed by atoms with Gasteiger partial charge in [-0.05, 0) is 57.4 Å². The Hall–Kier alpha value is -1.56. The molecule has 4 aliphatic rings. The number of halogens is 1. The lowest BCUT2D eigenvalue weighted by Gasteiger charge is -2.63. The first-order valence-electron chi connectivity index (χ1n) is 12.2. The van der Waals surface area contributed by atoms with Crippen molar-refractivity contribution in [2.24, 2.45) is 28.6 Å². The summed E-state index contributed by atoms with van der Waals surface area (Å²) in [6, 6.07) is 0. The lowest BCUT2D eigenvalue weighted by molar-refractivity contribution is -0.234. The number of aliphatic hydroxyl groups excluding tert-OH is 1. The van der Waals surface area contributed by atoms with Crippen molar-refractivity contribution in [3.63, 3.8) is 0 Å². The second kappa shape index (κ2) is 7.48. The second-order valence-corrected chi connectivity index (χ2v) is 11.3. The van der Waals surface area contributed by atoms with Crippen molar-refractivity contribution in [3.8, 4) is 0 Å². The average Bonchev–Trinajstić information content (AvgIpc) is 2.92. The van der Waals surface area contributed by atoms with Crippen LogP contribution in [0.15, 0.2) is 11.6 Å². The highest BCUT2D eigenvalue weighted by Crippen LogP contribution is 2.71. The predicted molar refractivity (Wildman–Crippen MR) is 117 cm³/mol. The minimum atomic E-state index is -1.87. The van der Waals surface area contributed by atoms with Gasteiger partial charge in [0.25, 0.3) is 0 Å². The Bertz CT molecular complexity index is 881. The number of ketones is 2. The van der Waals surface area contributed by atoms with E-state index in [1.807, 2.05) is 27.7 Å². The van der Waals surface area contributed by atoms with E-state index >= 15 is 4.39 Å². The van der Waals surface area contributed by atoms with Gasteiger partial charge in [0.15, 0.2) is 17.2 Å². The molecule has 0 heterocycles. The molecular formula is C26H37FO5. The fourth-order valence-corrected chi connectivity index (χ4v) is 8.36. The lowest BCUT2D eigenvalue weighted by atomic mass is 9.43. The molecule has 6 heteroatoms. The number of fused-ring (bicyclic) bond motifs is 5. The highest BCUT2D eigenvalue weighted by molar-refractivity contribution is 5.92. The van der Waals surface area contributed by atoms with Crippen LogP contribution in [0.5, 0.6) is 0 Å². The van der Waals surface area contributed by atoms with Crippen molar-refractivity contribution in [3.05, 3.63) is 11.6 Å². The molecule has 0 aromatic rings. The molecule has 0 aliphatic heterocycles. The average molecular weight is 449 g/mol. The van der Waals surface area contributed by atoms with Gasteiger partial charge in [-0.1, -0.05) is 33.3 Å². The maximum absolute atomic E-state index is 17.2. The molecule has 0 aromatic heterocycles. The summed E-state index contributed by atoms with van der Waals surface area (Å²) in [5.74, 6) is -1.51. The van der Waals surface area contributed by atoms with Gasteiger partial charge >= 0.3 is 5.97 Å². The summed E-state index contributed by atoms with van der Waals surface area (Å²) in [6.45, 7) is 9.05. The van der Waals surface area contributed by atoms with Crippen LogP contribution in [-0.2, 0) is 19.1 Å². The molecule has 0 spiro atoms. The molecule has 0 bridgehead atoms. The molecule has 8 atom stereocenters. The van der Waals surface area contributed by atoms with Crippen LogP contribution in [0, 0.1) is 28.6 Å². The van der Waals surface area contributed by atoms with Crippen molar-refractivity contribution >= 4 is 17.5 Å². The number of carbonyl (C=O) groups excluding carboxylic acids is 3. The summed E-state index contributed by atoms with van der Waals surface area (Å²) in [5, 5.41) is 11.4. The summed E-state index contributed by atoms with van der Waals surface area (Å²) in [7, 11) is 0. The van der Waals surface area contributed by atoms with Gasteiger partial charge in [-0.2, -0.15) is 0 Å². The SMILES string of the molecule is CCCC(=O)O[C@@]1(C(C)=O)[C@H](C)C[C@H]2[C@@H]3CCC4=CC(=O)CC[C@]4(C)[C@@]3(F)[C@@H](O)C[C@@]21C. The van der Waals surface area contributed by atoms with E-state index in [1.54, 1.807) is 6.08 Å². The van der Waals surface area contributed by atoms with E-state index in [-0.39, 0.29) is 42.7 Å². The lowest BCUT2D eigenvalue weighted by Crippen LogP contribution is -2.70. The van der Waals surface area contributed by atoms with Crippen LogP contribution in [0.1, 0.15) is 86.0 Å². The monoisotopic (exact) mass is 448 g/mol. The number of esters is 1. The highest BCUT2D eigenvalue weighted by atomic mass is 19.1. The molecular weight excluding hydrogens is 411 g/mol. The van der Waals surface area contributed by atoms with Crippen molar-refractivity contribution in [2.45, 2.75) is 103 Å². The quantitative estimate of drug-likeness (QED) is 0.641. The third-order valence-electron chi connectivity index (χ3n) is 9.83. The van der Waals surface area contributed by atoms with Gasteiger partial charge in [0.1, 0.15) is 5.67 Å². The Morgan fingerprint density at radius 2 is 1.94 bits per heavy atom. The van der Waals surface area contributed by atoms with Crippen molar-refractivity contribution < 1.29 is 28.6 Å². The first-order valence-corrected chi connectivity index (χ1v) is 12.2. The normalized spacial score (nSPS) is 47.7. The van der Waals surface area contributed by atoms with Gasteiger partial charge in [0, 0.05) is 35.5 Å². The summed E-state index contributed by atoms with van der Waals surface area (Å²) in [5.41, 5.74) is -4.15. The Labute approximate surface area is 190 Å². The molecule has 3 fully saturated rings. The summed E-state index contributed by atoms with van der Waals surface area (Å²) in [4.78, 5) is 37.8. The van der Waals surface area contributed by atoms with Crippen LogP contribution < -0.4 is 0 Å². The third-order valence-corrected chi connectivity index (χ3v) is 9.83. The fraction of sp³-hybridized carbons (Fsp3) is 0.808. The van der Waals surface area contributed by atoms with Gasteiger partial charge in [0.2, 0.25) is 0 Å². The standard InChI is InChI=1S/C26H37FO5/c1-6-7-22(31)32-26(16(3)28)15(2)12-20-19-9-8-17-13-18(29)10-11-23(17,4)25(19,27)21(30)14-24(20,26)5/h13,15,19-21,30H,6-12,14H2,1-5H3/t15-,19+,20+,21+,23+,24+,25+,26-/m1/s1. The largest absolute Gasteiger partial charge is 0.450 e. The zero-order valence-corrected chi connectivity index (χ0v) is 20.0. The Morgan fingerprint density at radius 3 is 2.56 bits per heavy atom. The number of Topliss-reactive ketones (excluding diaryl/α,β-unsaturated/α-hetero) is 1. The van der Waals surface area contributed by atoms with E-state index in [0.29, 0.717) is 32.1 Å². The van der Waals surface area contributed by atoms with Gasteiger partial charge in [-0.3, -0.25) is 14.4 Å². The van der Waals surface area contributed by atoms with Crippen molar-refractivity contribution in [2.75, 3.05) is 0 Å². The predicted octanol–water partition coefficient (Wildman–Crippen LogP) is 4.50. The molecule has 0 saturated heterocycles. The van der Waals surface area contributed by atoms with Gasteiger partial charge < -0.3 is 9.84 Å². The number of carbonyl (C=O) groups is 3. The van der Waals surface area contributed by atoms with E-state index < -0.39 is 40.1 Å². The topological polar surface area (TPSA) is 80.7 Å². The number of allylic oxidation sites excluding steroid dienone is 1.